The van der Waals surface area contributed by atoms with Crippen LogP contribution in [0.5, 0.6) is 0 Å². The molecule has 0 bridgehead atoms. The summed E-state index contributed by atoms with van der Waals surface area (Å²) in [6, 6.07) is 9.43. The van der Waals surface area contributed by atoms with Crippen LogP contribution in [0.15, 0.2) is 53.8 Å². The molecular weight excluding hydrogens is 271 g/mol. The molecule has 21 heavy (non-hydrogen) atoms. The highest BCUT2D eigenvalue weighted by molar-refractivity contribution is 5.93. The molecule has 4 aromatic rings. The molecule has 0 aliphatic heterocycles. The fourth-order valence-electron chi connectivity index (χ4n) is 2.42. The van der Waals surface area contributed by atoms with Gasteiger partial charge in [0.1, 0.15) is 18.5 Å². The maximum atomic E-state index is 13.3. The van der Waals surface area contributed by atoms with Crippen molar-refractivity contribution >= 4 is 21.8 Å². The van der Waals surface area contributed by atoms with Gasteiger partial charge in [0, 0.05) is 16.3 Å². The largest absolute Gasteiger partial charge is 0.354 e. The zero-order valence-corrected chi connectivity index (χ0v) is 10.7. The van der Waals surface area contributed by atoms with Crippen molar-refractivity contribution in [2.75, 3.05) is 0 Å². The molecule has 0 aliphatic carbocycles. The van der Waals surface area contributed by atoms with E-state index in [4.69, 9.17) is 0 Å². The third-order valence-electron chi connectivity index (χ3n) is 3.43. The van der Waals surface area contributed by atoms with Crippen molar-refractivity contribution in [1.29, 1.82) is 0 Å². The van der Waals surface area contributed by atoms with Crippen LogP contribution in [0.1, 0.15) is 0 Å². The highest BCUT2D eigenvalue weighted by Crippen LogP contribution is 2.18. The van der Waals surface area contributed by atoms with Gasteiger partial charge < -0.3 is 4.98 Å². The lowest BCUT2D eigenvalue weighted by atomic mass is 10.1. The van der Waals surface area contributed by atoms with Crippen LogP contribution in [0.3, 0.4) is 0 Å². The van der Waals surface area contributed by atoms with Crippen molar-refractivity contribution in [2.24, 2.45) is 0 Å². The standard InChI is InChI=1S/C15H9FN4O/c16-9-1-4-13-12(5-9)15(21)11-3-2-10(6-14(11)19-13)20-8-17-7-18-20/h1-8H,(H,19,21). The molecule has 0 spiro atoms. The number of hydrogen-bond acceptors (Lipinski definition) is 3. The minimum Gasteiger partial charge on any atom is -0.354 e. The summed E-state index contributed by atoms with van der Waals surface area (Å²) in [5, 5.41) is 4.91. The van der Waals surface area contributed by atoms with Gasteiger partial charge in [0.25, 0.3) is 0 Å². The predicted molar refractivity (Wildman–Crippen MR) is 76.9 cm³/mol. The van der Waals surface area contributed by atoms with Gasteiger partial charge in [-0.2, -0.15) is 5.10 Å². The Morgan fingerprint density at radius 3 is 2.76 bits per heavy atom. The maximum Gasteiger partial charge on any atom is 0.197 e. The van der Waals surface area contributed by atoms with Crippen molar-refractivity contribution in [3.8, 4) is 5.69 Å². The van der Waals surface area contributed by atoms with Gasteiger partial charge in [-0.15, -0.1) is 0 Å². The summed E-state index contributed by atoms with van der Waals surface area (Å²) in [5.41, 5.74) is 1.87. The number of aromatic nitrogens is 4. The Balaban J connectivity index is 2.07. The molecule has 0 radical (unpaired) electrons. The van der Waals surface area contributed by atoms with Crippen molar-refractivity contribution in [2.45, 2.75) is 0 Å². The van der Waals surface area contributed by atoms with Crippen molar-refractivity contribution in [3.63, 3.8) is 0 Å². The van der Waals surface area contributed by atoms with Gasteiger partial charge in [0.2, 0.25) is 0 Å². The van der Waals surface area contributed by atoms with Crippen molar-refractivity contribution < 1.29 is 4.39 Å². The Morgan fingerprint density at radius 1 is 1.05 bits per heavy atom. The summed E-state index contributed by atoms with van der Waals surface area (Å²) in [6.45, 7) is 0. The summed E-state index contributed by atoms with van der Waals surface area (Å²) in [5.74, 6) is -0.424. The molecule has 0 saturated carbocycles. The molecule has 1 N–H and O–H groups in total. The SMILES string of the molecule is O=c1c2ccc(-n3cncn3)cc2[nH]c2ccc(F)cc12. The maximum absolute atomic E-state index is 13.3. The second kappa shape index (κ2) is 4.24. The fraction of sp³-hybridized carbons (Fsp3) is 0. The molecule has 102 valence electrons. The number of H-pyrrole nitrogens is 1. The first kappa shape index (κ1) is 11.8. The van der Waals surface area contributed by atoms with Crippen LogP contribution in [0.4, 0.5) is 4.39 Å². The molecule has 0 fully saturated rings. The Morgan fingerprint density at radius 2 is 1.95 bits per heavy atom. The van der Waals surface area contributed by atoms with Crippen molar-refractivity contribution in [1.82, 2.24) is 19.7 Å². The van der Waals surface area contributed by atoms with Gasteiger partial charge in [-0.1, -0.05) is 0 Å². The molecule has 6 heteroatoms. The van der Waals surface area contributed by atoms with E-state index < -0.39 is 5.82 Å². The van der Waals surface area contributed by atoms with Gasteiger partial charge in [-0.3, -0.25) is 4.79 Å². The van der Waals surface area contributed by atoms with E-state index in [0.29, 0.717) is 21.8 Å². The Kier molecular flexibility index (Phi) is 2.38. The summed E-state index contributed by atoms with van der Waals surface area (Å²) in [7, 11) is 0. The number of halogens is 1. The van der Waals surface area contributed by atoms with Gasteiger partial charge in [0.05, 0.1) is 11.2 Å². The topological polar surface area (TPSA) is 63.6 Å². The molecule has 5 nitrogen and oxygen atoms in total. The van der Waals surface area contributed by atoms with Crippen LogP contribution in [-0.4, -0.2) is 19.7 Å². The number of rotatable bonds is 1. The predicted octanol–water partition coefficient (Wildman–Crippen LogP) is 2.40. The first-order valence-electron chi connectivity index (χ1n) is 6.33. The van der Waals surface area contributed by atoms with Crippen LogP contribution >= 0.6 is 0 Å². The van der Waals surface area contributed by atoms with Gasteiger partial charge >= 0.3 is 0 Å². The van der Waals surface area contributed by atoms with E-state index in [-0.39, 0.29) is 5.43 Å². The second-order valence-electron chi connectivity index (χ2n) is 4.71. The van der Waals surface area contributed by atoms with Crippen LogP contribution in [0.2, 0.25) is 0 Å². The average Bonchev–Trinajstić information content (AvgIpc) is 3.02. The Bertz CT molecular complexity index is 1020. The van der Waals surface area contributed by atoms with E-state index in [1.165, 1.54) is 18.5 Å². The quantitative estimate of drug-likeness (QED) is 0.544. The van der Waals surface area contributed by atoms with Crippen molar-refractivity contribution in [3.05, 3.63) is 65.1 Å². The van der Waals surface area contributed by atoms with E-state index in [9.17, 15) is 9.18 Å². The van der Waals surface area contributed by atoms with E-state index in [1.54, 1.807) is 29.2 Å². The molecule has 2 aromatic heterocycles. The first-order chi connectivity index (χ1) is 10.2. The Hall–Kier alpha value is -3.02. The van der Waals surface area contributed by atoms with Crippen LogP contribution in [-0.2, 0) is 0 Å². The Labute approximate surface area is 117 Å². The number of aromatic amines is 1. The van der Waals surface area contributed by atoms with E-state index in [2.05, 4.69) is 15.1 Å². The van der Waals surface area contributed by atoms with Crippen LogP contribution in [0.25, 0.3) is 27.5 Å². The lowest BCUT2D eigenvalue weighted by Crippen LogP contribution is -2.05. The normalized spacial score (nSPS) is 11.3. The van der Waals surface area contributed by atoms with Crippen LogP contribution < -0.4 is 5.43 Å². The summed E-state index contributed by atoms with van der Waals surface area (Å²) in [6.07, 6.45) is 3.02. The molecule has 0 amide bonds. The lowest BCUT2D eigenvalue weighted by Gasteiger charge is -2.05. The number of nitrogens with one attached hydrogen (secondary N) is 1. The summed E-state index contributed by atoms with van der Waals surface area (Å²) >= 11 is 0. The number of fused-ring (bicyclic) bond motifs is 2. The number of benzene rings is 2. The van der Waals surface area contributed by atoms with E-state index in [1.807, 2.05) is 6.07 Å². The highest BCUT2D eigenvalue weighted by atomic mass is 19.1. The minimum atomic E-state index is -0.424. The van der Waals surface area contributed by atoms with Gasteiger partial charge in [0.15, 0.2) is 5.43 Å². The molecule has 0 saturated heterocycles. The molecule has 2 aromatic carbocycles. The molecular formula is C15H9FN4O. The summed E-state index contributed by atoms with van der Waals surface area (Å²) in [4.78, 5) is 19.5. The van der Waals surface area contributed by atoms with Gasteiger partial charge in [-0.25, -0.2) is 14.1 Å². The molecule has 2 heterocycles. The third kappa shape index (κ3) is 1.80. The number of nitrogens with zero attached hydrogens (tertiary/aromatic N) is 3. The molecule has 0 unspecified atom stereocenters. The zero-order chi connectivity index (χ0) is 14.4. The fourth-order valence-corrected chi connectivity index (χ4v) is 2.42. The first-order valence-corrected chi connectivity index (χ1v) is 6.33. The molecule has 0 atom stereocenters. The second-order valence-corrected chi connectivity index (χ2v) is 4.71. The van der Waals surface area contributed by atoms with E-state index in [0.717, 1.165) is 5.69 Å². The van der Waals surface area contributed by atoms with Crippen LogP contribution in [0, 0.1) is 5.82 Å². The smallest absolute Gasteiger partial charge is 0.197 e. The third-order valence-corrected chi connectivity index (χ3v) is 3.43. The lowest BCUT2D eigenvalue weighted by molar-refractivity contribution is 0.629. The highest BCUT2D eigenvalue weighted by Gasteiger charge is 2.08. The number of pyridine rings is 1. The minimum absolute atomic E-state index is 0.191. The monoisotopic (exact) mass is 280 g/mol. The summed E-state index contributed by atoms with van der Waals surface area (Å²) < 4.78 is 14.9. The zero-order valence-electron chi connectivity index (χ0n) is 10.7. The average molecular weight is 280 g/mol. The number of hydrogen-bond donors (Lipinski definition) is 1. The van der Waals surface area contributed by atoms with E-state index >= 15 is 0 Å². The van der Waals surface area contributed by atoms with Gasteiger partial charge in [-0.05, 0) is 36.4 Å². The molecule has 0 aliphatic rings. The molecule has 4 rings (SSSR count).